The van der Waals surface area contributed by atoms with E-state index in [4.69, 9.17) is 4.99 Å². The van der Waals surface area contributed by atoms with Crippen molar-refractivity contribution in [3.8, 4) is 0 Å². The number of hydrogen-bond acceptors (Lipinski definition) is 5. The molecule has 186 valence electrons. The van der Waals surface area contributed by atoms with Crippen molar-refractivity contribution in [2.24, 2.45) is 40.5 Å². The molecule has 2 amide bonds. The first-order chi connectivity index (χ1) is 17.2. The van der Waals surface area contributed by atoms with Crippen LogP contribution in [0, 0.1) is 35.5 Å². The standard InChI is InChI=1S/C29H38N4O2/c34-28-25-19-9-10-20(15-19)26(25)29(35)33(28)18-23-7-2-1-6-22(23)17-31-11-13-32(14-12-31)27-24-8-4-3-5-21(24)16-30-27/h3-5,8,19-20,22-23,25-26H,1-2,6-7,9-18H2/t19-,20+,22-,23-,25-,26+/m0/s1. The summed E-state index contributed by atoms with van der Waals surface area (Å²) in [5.74, 6) is 3.64. The molecule has 35 heavy (non-hydrogen) atoms. The largest absolute Gasteiger partial charge is 0.354 e. The Morgan fingerprint density at radius 1 is 0.800 bits per heavy atom. The second kappa shape index (κ2) is 8.72. The van der Waals surface area contributed by atoms with E-state index in [0.717, 1.165) is 65.0 Å². The van der Waals surface area contributed by atoms with Gasteiger partial charge in [0.15, 0.2) is 0 Å². The lowest BCUT2D eigenvalue weighted by Gasteiger charge is -2.41. The summed E-state index contributed by atoms with van der Waals surface area (Å²) in [5.41, 5.74) is 2.66. The lowest BCUT2D eigenvalue weighted by molar-refractivity contribution is -0.142. The Balaban J connectivity index is 0.973. The predicted molar refractivity (Wildman–Crippen MR) is 135 cm³/mol. The molecule has 1 aromatic rings. The van der Waals surface area contributed by atoms with Gasteiger partial charge in [0.25, 0.3) is 0 Å². The van der Waals surface area contributed by atoms with Crippen LogP contribution in [0.25, 0.3) is 0 Å². The van der Waals surface area contributed by atoms with Crippen molar-refractivity contribution < 1.29 is 9.59 Å². The molecule has 5 fully saturated rings. The topological polar surface area (TPSA) is 56.2 Å². The van der Waals surface area contributed by atoms with Gasteiger partial charge in [0.05, 0.1) is 18.4 Å². The second-order valence-corrected chi connectivity index (χ2v) is 12.1. The van der Waals surface area contributed by atoms with Gasteiger partial charge < -0.3 is 4.90 Å². The summed E-state index contributed by atoms with van der Waals surface area (Å²) in [6.07, 6.45) is 8.37. The summed E-state index contributed by atoms with van der Waals surface area (Å²) in [6.45, 7) is 6.80. The van der Waals surface area contributed by atoms with E-state index in [1.807, 2.05) is 0 Å². The lowest BCUT2D eigenvalue weighted by atomic mass is 9.78. The zero-order valence-corrected chi connectivity index (χ0v) is 20.8. The monoisotopic (exact) mass is 474 g/mol. The number of carbonyl (C=O) groups is 2. The normalized spacial score (nSPS) is 36.6. The third kappa shape index (κ3) is 3.66. The number of fused-ring (bicyclic) bond motifs is 6. The highest BCUT2D eigenvalue weighted by Crippen LogP contribution is 2.56. The SMILES string of the molecule is O=C1[C@@H]2[C@@H]3CC[C@@H](C3)[C@@H]2C(=O)N1C[C@@H]1CCCC[C@H]1CN1CCN(C2=NCc3ccccc32)CC1. The minimum absolute atomic E-state index is 0.0278. The zero-order chi connectivity index (χ0) is 23.5. The predicted octanol–water partition coefficient (Wildman–Crippen LogP) is 3.40. The number of amides is 2. The van der Waals surface area contributed by atoms with Crippen LogP contribution in [0.15, 0.2) is 29.3 Å². The number of imide groups is 1. The molecule has 3 heterocycles. The summed E-state index contributed by atoms with van der Waals surface area (Å²) in [5, 5.41) is 0. The number of rotatable bonds is 4. The molecule has 3 aliphatic carbocycles. The van der Waals surface area contributed by atoms with Crippen LogP contribution >= 0.6 is 0 Å². The number of likely N-dealkylation sites (tertiary alicyclic amines) is 1. The van der Waals surface area contributed by atoms with E-state index in [1.165, 1.54) is 36.2 Å². The van der Waals surface area contributed by atoms with Crippen molar-refractivity contribution in [1.82, 2.24) is 14.7 Å². The van der Waals surface area contributed by atoms with E-state index in [1.54, 1.807) is 4.90 Å². The molecule has 0 aromatic heterocycles. The molecular weight excluding hydrogens is 436 g/mol. The molecule has 0 N–H and O–H groups in total. The molecule has 6 atom stereocenters. The first-order valence-corrected chi connectivity index (χ1v) is 14.1. The molecule has 1 aromatic carbocycles. The Kier molecular flexibility index (Phi) is 5.49. The maximum absolute atomic E-state index is 13.3. The average molecular weight is 475 g/mol. The zero-order valence-electron chi connectivity index (χ0n) is 20.8. The summed E-state index contributed by atoms with van der Waals surface area (Å²) in [7, 11) is 0. The van der Waals surface area contributed by atoms with Crippen LogP contribution in [-0.4, -0.2) is 71.6 Å². The summed E-state index contributed by atoms with van der Waals surface area (Å²) >= 11 is 0. The first kappa shape index (κ1) is 22.0. The van der Waals surface area contributed by atoms with Crippen molar-refractivity contribution >= 4 is 17.6 Å². The maximum Gasteiger partial charge on any atom is 0.233 e. The number of hydrogen-bond donors (Lipinski definition) is 0. The van der Waals surface area contributed by atoms with Crippen LogP contribution in [-0.2, 0) is 16.1 Å². The minimum atomic E-state index is 0.0278. The van der Waals surface area contributed by atoms with Crippen LogP contribution in [0.4, 0.5) is 0 Å². The molecular formula is C29H38N4O2. The van der Waals surface area contributed by atoms with Crippen molar-refractivity contribution in [3.63, 3.8) is 0 Å². The lowest BCUT2D eigenvalue weighted by Crippen LogP contribution is -2.51. The number of piperazine rings is 1. The van der Waals surface area contributed by atoms with Gasteiger partial charge in [0.2, 0.25) is 11.8 Å². The summed E-state index contributed by atoms with van der Waals surface area (Å²) < 4.78 is 0. The van der Waals surface area contributed by atoms with Gasteiger partial charge >= 0.3 is 0 Å². The number of amidine groups is 1. The molecule has 7 rings (SSSR count). The molecule has 2 bridgehead atoms. The summed E-state index contributed by atoms with van der Waals surface area (Å²) in [6, 6.07) is 8.63. The average Bonchev–Trinajstić information content (AvgIpc) is 3.66. The third-order valence-electron chi connectivity index (χ3n) is 10.3. The van der Waals surface area contributed by atoms with Gasteiger partial charge in [-0.25, -0.2) is 0 Å². The van der Waals surface area contributed by atoms with Crippen LogP contribution in [0.5, 0.6) is 0 Å². The minimum Gasteiger partial charge on any atom is -0.354 e. The molecule has 0 spiro atoms. The van der Waals surface area contributed by atoms with Crippen molar-refractivity contribution in [2.45, 2.75) is 51.5 Å². The molecule has 6 heteroatoms. The highest BCUT2D eigenvalue weighted by Gasteiger charge is 2.61. The van der Waals surface area contributed by atoms with Crippen molar-refractivity contribution in [3.05, 3.63) is 35.4 Å². The van der Waals surface area contributed by atoms with Gasteiger partial charge in [-0.15, -0.1) is 0 Å². The van der Waals surface area contributed by atoms with Crippen LogP contribution < -0.4 is 0 Å². The smallest absolute Gasteiger partial charge is 0.233 e. The van der Waals surface area contributed by atoms with Crippen LogP contribution in [0.3, 0.4) is 0 Å². The van der Waals surface area contributed by atoms with E-state index in [-0.39, 0.29) is 23.7 Å². The number of aliphatic imine (C=N–C) groups is 1. The van der Waals surface area contributed by atoms with E-state index < -0.39 is 0 Å². The molecule has 0 unspecified atom stereocenters. The van der Waals surface area contributed by atoms with Gasteiger partial charge in [-0.3, -0.25) is 24.4 Å². The van der Waals surface area contributed by atoms with Crippen LogP contribution in [0.2, 0.25) is 0 Å². The fraction of sp³-hybridized carbons (Fsp3) is 0.690. The highest BCUT2D eigenvalue weighted by molar-refractivity contribution is 6.06. The molecule has 6 nitrogen and oxygen atoms in total. The van der Waals surface area contributed by atoms with E-state index in [0.29, 0.717) is 30.2 Å². The number of nitrogens with zero attached hydrogens (tertiary/aromatic N) is 4. The van der Waals surface area contributed by atoms with E-state index >= 15 is 0 Å². The van der Waals surface area contributed by atoms with Crippen molar-refractivity contribution in [1.29, 1.82) is 0 Å². The molecule has 2 saturated heterocycles. The first-order valence-electron chi connectivity index (χ1n) is 14.1. The molecule has 3 aliphatic heterocycles. The summed E-state index contributed by atoms with van der Waals surface area (Å²) in [4.78, 5) is 38.2. The Morgan fingerprint density at radius 2 is 1.46 bits per heavy atom. The molecule has 0 radical (unpaired) electrons. The third-order valence-corrected chi connectivity index (χ3v) is 10.3. The highest BCUT2D eigenvalue weighted by atomic mass is 16.2. The van der Waals surface area contributed by atoms with Gasteiger partial charge in [0, 0.05) is 44.8 Å². The number of benzene rings is 1. The maximum atomic E-state index is 13.3. The fourth-order valence-electron chi connectivity index (χ4n) is 8.52. The van der Waals surface area contributed by atoms with Crippen molar-refractivity contribution in [2.75, 3.05) is 39.3 Å². The Morgan fingerprint density at radius 3 is 2.17 bits per heavy atom. The van der Waals surface area contributed by atoms with Gasteiger partial charge in [-0.2, -0.15) is 0 Å². The van der Waals surface area contributed by atoms with E-state index in [2.05, 4.69) is 34.1 Å². The second-order valence-electron chi connectivity index (χ2n) is 12.1. The quantitative estimate of drug-likeness (QED) is 0.628. The Hall–Kier alpha value is -2.21. The van der Waals surface area contributed by atoms with Gasteiger partial charge in [-0.1, -0.05) is 37.1 Å². The van der Waals surface area contributed by atoms with Gasteiger partial charge in [0.1, 0.15) is 5.84 Å². The molecule has 3 saturated carbocycles. The molecule has 6 aliphatic rings. The fourth-order valence-corrected chi connectivity index (χ4v) is 8.52. The number of carbonyl (C=O) groups excluding carboxylic acids is 2. The Labute approximate surface area is 208 Å². The van der Waals surface area contributed by atoms with Crippen LogP contribution in [0.1, 0.15) is 56.1 Å². The Bertz CT molecular complexity index is 1020. The van der Waals surface area contributed by atoms with Gasteiger partial charge in [-0.05, 0) is 61.3 Å². The van der Waals surface area contributed by atoms with E-state index in [9.17, 15) is 9.59 Å².